The van der Waals surface area contributed by atoms with Crippen molar-refractivity contribution in [3.63, 3.8) is 0 Å². The number of amides is 1. The zero-order chi connectivity index (χ0) is 15.9. The Morgan fingerprint density at radius 2 is 1.74 bits per heavy atom. The van der Waals surface area contributed by atoms with Crippen molar-refractivity contribution in [2.45, 2.75) is 25.9 Å². The van der Waals surface area contributed by atoms with Gasteiger partial charge in [0, 0.05) is 5.69 Å². The van der Waals surface area contributed by atoms with Crippen LogP contribution < -0.4 is 15.4 Å². The van der Waals surface area contributed by atoms with Gasteiger partial charge >= 0.3 is 0 Å². The quantitative estimate of drug-likeness (QED) is 0.881. The average molecular weight is 335 g/mol. The van der Waals surface area contributed by atoms with Gasteiger partial charge in [-0.1, -0.05) is 37.3 Å². The number of hydrogen-bond donors (Lipinski definition) is 1. The van der Waals surface area contributed by atoms with Gasteiger partial charge in [0.2, 0.25) is 5.91 Å². The van der Waals surface area contributed by atoms with Crippen LogP contribution in [0, 0.1) is 0 Å². The Bertz CT molecular complexity index is 602. The van der Waals surface area contributed by atoms with Crippen molar-refractivity contribution < 1.29 is 9.53 Å². The monoisotopic (exact) mass is 334 g/mol. The van der Waals surface area contributed by atoms with Crippen molar-refractivity contribution in [2.75, 3.05) is 12.0 Å². The maximum absolute atomic E-state index is 12.6. The van der Waals surface area contributed by atoms with Gasteiger partial charge < -0.3 is 15.4 Å². The van der Waals surface area contributed by atoms with E-state index in [1.165, 1.54) is 0 Å². The van der Waals surface area contributed by atoms with Gasteiger partial charge in [0.05, 0.1) is 19.7 Å². The van der Waals surface area contributed by atoms with Gasteiger partial charge in [0.15, 0.2) is 0 Å². The molecule has 124 valence electrons. The maximum Gasteiger partial charge on any atom is 0.244 e. The third kappa shape index (κ3) is 4.98. The van der Waals surface area contributed by atoms with E-state index in [9.17, 15) is 4.79 Å². The van der Waals surface area contributed by atoms with Crippen LogP contribution in [0.3, 0.4) is 0 Å². The highest BCUT2D eigenvalue weighted by Gasteiger charge is 2.21. The fraction of sp³-hybridized carbons (Fsp3) is 0.278. The van der Waals surface area contributed by atoms with Crippen molar-refractivity contribution >= 4 is 24.0 Å². The first kappa shape index (κ1) is 19.0. The fourth-order valence-corrected chi connectivity index (χ4v) is 2.20. The summed E-state index contributed by atoms with van der Waals surface area (Å²) in [7, 11) is 1.62. The van der Waals surface area contributed by atoms with Crippen LogP contribution in [0.25, 0.3) is 0 Å². The minimum atomic E-state index is -0.495. The average Bonchev–Trinajstić information content (AvgIpc) is 2.59. The molecule has 1 unspecified atom stereocenters. The van der Waals surface area contributed by atoms with E-state index in [0.717, 1.165) is 17.0 Å². The smallest absolute Gasteiger partial charge is 0.244 e. The van der Waals surface area contributed by atoms with E-state index in [-0.39, 0.29) is 18.3 Å². The molecule has 0 fully saturated rings. The van der Waals surface area contributed by atoms with Gasteiger partial charge in [0.1, 0.15) is 5.75 Å². The van der Waals surface area contributed by atoms with Crippen molar-refractivity contribution in [3.8, 4) is 5.75 Å². The predicted octanol–water partition coefficient (Wildman–Crippen LogP) is 3.39. The zero-order valence-electron chi connectivity index (χ0n) is 13.4. The molecule has 0 radical (unpaired) electrons. The lowest BCUT2D eigenvalue weighted by atomic mass is 10.1. The van der Waals surface area contributed by atoms with Crippen LogP contribution in [0.5, 0.6) is 5.75 Å². The zero-order valence-corrected chi connectivity index (χ0v) is 14.3. The number of nitrogens with zero attached hydrogens (tertiary/aromatic N) is 1. The van der Waals surface area contributed by atoms with E-state index >= 15 is 0 Å². The van der Waals surface area contributed by atoms with Gasteiger partial charge in [-0.25, -0.2) is 0 Å². The van der Waals surface area contributed by atoms with Crippen molar-refractivity contribution in [3.05, 3.63) is 60.2 Å². The van der Waals surface area contributed by atoms with Gasteiger partial charge in [-0.15, -0.1) is 12.4 Å². The van der Waals surface area contributed by atoms with E-state index in [1.807, 2.05) is 61.5 Å². The molecule has 2 N–H and O–H groups in total. The Balaban J connectivity index is 0.00000264. The molecule has 23 heavy (non-hydrogen) atoms. The highest BCUT2D eigenvalue weighted by atomic mass is 35.5. The number of rotatable bonds is 6. The van der Waals surface area contributed by atoms with Gasteiger partial charge in [-0.05, 0) is 36.2 Å². The number of carbonyl (C=O) groups excluding carboxylic acids is 1. The first-order valence-corrected chi connectivity index (χ1v) is 7.40. The molecule has 0 saturated heterocycles. The highest BCUT2D eigenvalue weighted by molar-refractivity contribution is 5.97. The summed E-state index contributed by atoms with van der Waals surface area (Å²) in [5, 5.41) is 0. The van der Waals surface area contributed by atoms with E-state index in [1.54, 1.807) is 12.0 Å². The van der Waals surface area contributed by atoms with Crippen LogP contribution in [0.4, 0.5) is 5.69 Å². The van der Waals surface area contributed by atoms with Crippen LogP contribution in [0.15, 0.2) is 54.6 Å². The van der Waals surface area contributed by atoms with Crippen LogP contribution in [-0.4, -0.2) is 19.1 Å². The molecule has 0 saturated carbocycles. The predicted molar refractivity (Wildman–Crippen MR) is 96.1 cm³/mol. The summed E-state index contributed by atoms with van der Waals surface area (Å²) in [6.07, 6.45) is 0.611. The Morgan fingerprint density at radius 3 is 2.26 bits per heavy atom. The fourth-order valence-electron chi connectivity index (χ4n) is 2.20. The Morgan fingerprint density at radius 1 is 1.13 bits per heavy atom. The molecule has 5 heteroatoms. The maximum atomic E-state index is 12.6. The lowest BCUT2D eigenvalue weighted by Gasteiger charge is -2.26. The standard InChI is InChI=1S/C18H22N2O2.ClH/c1-3-17(19)18(21)20(13-14-7-5-4-6-8-14)15-9-11-16(22-2)12-10-15;/h4-12,17H,3,13,19H2,1-2H3;1H. The first-order valence-electron chi connectivity index (χ1n) is 7.40. The van der Waals surface area contributed by atoms with Crippen LogP contribution in [0.1, 0.15) is 18.9 Å². The molecule has 1 atom stereocenters. The minimum Gasteiger partial charge on any atom is -0.497 e. The molecule has 0 aliphatic carbocycles. The molecular weight excluding hydrogens is 312 g/mol. The van der Waals surface area contributed by atoms with Gasteiger partial charge in [-0.3, -0.25) is 4.79 Å². The SMILES string of the molecule is CCC(N)C(=O)N(Cc1ccccc1)c1ccc(OC)cc1.Cl. The molecule has 0 heterocycles. The molecule has 1 amide bonds. The number of carbonyl (C=O) groups is 1. The number of benzene rings is 2. The molecule has 0 aliphatic rings. The summed E-state index contributed by atoms with van der Waals surface area (Å²) < 4.78 is 5.17. The molecule has 0 aliphatic heterocycles. The van der Waals surface area contributed by atoms with Gasteiger partial charge in [-0.2, -0.15) is 0 Å². The second kappa shape index (κ2) is 9.18. The molecule has 2 aromatic carbocycles. The molecule has 2 rings (SSSR count). The Kier molecular flexibility index (Phi) is 7.59. The second-order valence-corrected chi connectivity index (χ2v) is 5.12. The van der Waals surface area contributed by atoms with E-state index in [0.29, 0.717) is 13.0 Å². The summed E-state index contributed by atoms with van der Waals surface area (Å²) in [5.41, 5.74) is 7.83. The lowest BCUT2D eigenvalue weighted by molar-refractivity contribution is -0.120. The van der Waals surface area contributed by atoms with Crippen LogP contribution in [-0.2, 0) is 11.3 Å². The summed E-state index contributed by atoms with van der Waals surface area (Å²) in [6, 6.07) is 16.8. The summed E-state index contributed by atoms with van der Waals surface area (Å²) in [4.78, 5) is 14.3. The topological polar surface area (TPSA) is 55.6 Å². The largest absolute Gasteiger partial charge is 0.497 e. The minimum absolute atomic E-state index is 0. The molecule has 0 spiro atoms. The molecule has 4 nitrogen and oxygen atoms in total. The summed E-state index contributed by atoms with van der Waals surface area (Å²) in [6.45, 7) is 2.41. The first-order chi connectivity index (χ1) is 10.7. The number of ether oxygens (including phenoxy) is 1. The number of halogens is 1. The third-order valence-corrected chi connectivity index (χ3v) is 3.59. The normalized spacial score (nSPS) is 11.3. The number of methoxy groups -OCH3 is 1. The van der Waals surface area contributed by atoms with Crippen LogP contribution >= 0.6 is 12.4 Å². The van der Waals surface area contributed by atoms with E-state index < -0.39 is 6.04 Å². The Hall–Kier alpha value is -2.04. The number of anilines is 1. The Labute approximate surface area is 143 Å². The van der Waals surface area contributed by atoms with E-state index in [2.05, 4.69) is 0 Å². The third-order valence-electron chi connectivity index (χ3n) is 3.59. The van der Waals surface area contributed by atoms with E-state index in [4.69, 9.17) is 10.5 Å². The van der Waals surface area contributed by atoms with Crippen molar-refractivity contribution in [1.29, 1.82) is 0 Å². The number of hydrogen-bond acceptors (Lipinski definition) is 3. The highest BCUT2D eigenvalue weighted by Crippen LogP contribution is 2.22. The molecule has 0 bridgehead atoms. The van der Waals surface area contributed by atoms with Crippen molar-refractivity contribution in [1.82, 2.24) is 0 Å². The van der Waals surface area contributed by atoms with Crippen molar-refractivity contribution in [2.24, 2.45) is 5.73 Å². The molecular formula is C18H23ClN2O2. The second-order valence-electron chi connectivity index (χ2n) is 5.12. The summed E-state index contributed by atoms with van der Waals surface area (Å²) >= 11 is 0. The number of nitrogens with two attached hydrogens (primary N) is 1. The summed E-state index contributed by atoms with van der Waals surface area (Å²) in [5.74, 6) is 0.687. The van der Waals surface area contributed by atoms with Crippen LogP contribution in [0.2, 0.25) is 0 Å². The molecule has 0 aromatic heterocycles. The lowest BCUT2D eigenvalue weighted by Crippen LogP contribution is -2.43. The van der Waals surface area contributed by atoms with Gasteiger partial charge in [0.25, 0.3) is 0 Å². The molecule has 2 aromatic rings.